The number of rotatable bonds is 5. The van der Waals surface area contributed by atoms with E-state index in [0.29, 0.717) is 0 Å². The minimum absolute atomic E-state index is 0.837. The molecule has 0 N–H and O–H groups in total. The standard InChI is InChI=1S/C24H19N3/c1-2-8-20(9-3-1)12-13-21-14-16-22(17-15-21)27(23-10-4-6-18-25-23)24-11-5-7-19-26-24/h1-19H/b13-12+. The number of anilines is 3. The summed E-state index contributed by atoms with van der Waals surface area (Å²) < 4.78 is 0. The van der Waals surface area contributed by atoms with Gasteiger partial charge < -0.3 is 0 Å². The topological polar surface area (TPSA) is 29.0 Å². The first-order valence-electron chi connectivity index (χ1n) is 8.85. The average molecular weight is 349 g/mol. The van der Waals surface area contributed by atoms with Crippen molar-refractivity contribution in [2.75, 3.05) is 4.90 Å². The highest BCUT2D eigenvalue weighted by Gasteiger charge is 2.13. The largest absolute Gasteiger partial charge is 0.279 e. The second-order valence-corrected chi connectivity index (χ2v) is 6.05. The van der Waals surface area contributed by atoms with E-state index in [-0.39, 0.29) is 0 Å². The van der Waals surface area contributed by atoms with Crippen molar-refractivity contribution in [3.63, 3.8) is 0 Å². The van der Waals surface area contributed by atoms with Gasteiger partial charge in [-0.15, -0.1) is 0 Å². The zero-order chi connectivity index (χ0) is 18.3. The zero-order valence-corrected chi connectivity index (χ0v) is 14.8. The lowest BCUT2D eigenvalue weighted by Gasteiger charge is -2.22. The number of nitrogens with zero attached hydrogens (tertiary/aromatic N) is 3. The van der Waals surface area contributed by atoms with Gasteiger partial charge in [0, 0.05) is 18.1 Å². The first-order chi connectivity index (χ1) is 13.4. The van der Waals surface area contributed by atoms with Crippen molar-refractivity contribution >= 4 is 29.5 Å². The maximum absolute atomic E-state index is 4.50. The summed E-state index contributed by atoms with van der Waals surface area (Å²) in [6.07, 6.45) is 7.82. The number of pyridine rings is 2. The molecule has 0 atom stereocenters. The molecule has 0 amide bonds. The van der Waals surface area contributed by atoms with Crippen LogP contribution in [0.25, 0.3) is 12.2 Å². The molecule has 0 radical (unpaired) electrons. The molecule has 0 unspecified atom stereocenters. The minimum Gasteiger partial charge on any atom is -0.279 e. The fourth-order valence-corrected chi connectivity index (χ4v) is 2.85. The Labute approximate surface area is 159 Å². The highest BCUT2D eigenvalue weighted by atomic mass is 15.2. The molecule has 4 aromatic rings. The fraction of sp³-hybridized carbons (Fsp3) is 0. The van der Waals surface area contributed by atoms with Crippen LogP contribution in [0.3, 0.4) is 0 Å². The predicted octanol–water partition coefficient (Wildman–Crippen LogP) is 6.12. The van der Waals surface area contributed by atoms with Crippen molar-refractivity contribution < 1.29 is 0 Å². The molecule has 130 valence electrons. The van der Waals surface area contributed by atoms with Crippen molar-refractivity contribution in [2.24, 2.45) is 0 Å². The molecular weight excluding hydrogens is 330 g/mol. The van der Waals surface area contributed by atoms with E-state index in [1.165, 1.54) is 5.56 Å². The van der Waals surface area contributed by atoms with Crippen LogP contribution in [0.15, 0.2) is 103 Å². The molecule has 4 rings (SSSR count). The smallest absolute Gasteiger partial charge is 0.138 e. The quantitative estimate of drug-likeness (QED) is 0.407. The highest BCUT2D eigenvalue weighted by Crippen LogP contribution is 2.31. The Kier molecular flexibility index (Phi) is 5.02. The second kappa shape index (κ2) is 8.11. The Bertz CT molecular complexity index is 956. The molecule has 0 aliphatic rings. The van der Waals surface area contributed by atoms with Crippen molar-refractivity contribution in [2.45, 2.75) is 0 Å². The van der Waals surface area contributed by atoms with Crippen LogP contribution in [-0.4, -0.2) is 9.97 Å². The van der Waals surface area contributed by atoms with E-state index in [0.717, 1.165) is 22.9 Å². The van der Waals surface area contributed by atoms with Gasteiger partial charge in [-0.1, -0.05) is 66.7 Å². The molecule has 3 heteroatoms. The normalized spacial score (nSPS) is 10.8. The Hall–Kier alpha value is -3.72. The monoisotopic (exact) mass is 349 g/mol. The molecule has 3 nitrogen and oxygen atoms in total. The lowest BCUT2D eigenvalue weighted by molar-refractivity contribution is 1.12. The van der Waals surface area contributed by atoms with Gasteiger partial charge >= 0.3 is 0 Å². The van der Waals surface area contributed by atoms with Crippen molar-refractivity contribution in [1.82, 2.24) is 9.97 Å². The summed E-state index contributed by atoms with van der Waals surface area (Å²) in [5.41, 5.74) is 3.35. The Morgan fingerprint density at radius 1 is 0.519 bits per heavy atom. The third-order valence-electron chi connectivity index (χ3n) is 4.18. The van der Waals surface area contributed by atoms with Gasteiger partial charge in [0.15, 0.2) is 0 Å². The Morgan fingerprint density at radius 2 is 1.04 bits per heavy atom. The second-order valence-electron chi connectivity index (χ2n) is 6.05. The van der Waals surface area contributed by atoms with Crippen LogP contribution < -0.4 is 4.90 Å². The van der Waals surface area contributed by atoms with Gasteiger partial charge in [-0.25, -0.2) is 9.97 Å². The van der Waals surface area contributed by atoms with Crippen LogP contribution in [0.4, 0.5) is 17.3 Å². The van der Waals surface area contributed by atoms with E-state index < -0.39 is 0 Å². The van der Waals surface area contributed by atoms with E-state index in [9.17, 15) is 0 Å². The maximum atomic E-state index is 4.50. The number of hydrogen-bond donors (Lipinski definition) is 0. The van der Waals surface area contributed by atoms with Gasteiger partial charge in [0.2, 0.25) is 0 Å². The van der Waals surface area contributed by atoms with E-state index in [2.05, 4.69) is 58.5 Å². The Balaban J connectivity index is 1.64. The highest BCUT2D eigenvalue weighted by molar-refractivity contribution is 5.75. The van der Waals surface area contributed by atoms with E-state index in [4.69, 9.17) is 0 Å². The van der Waals surface area contributed by atoms with Crippen LogP contribution in [0.2, 0.25) is 0 Å². The SMILES string of the molecule is C(=C\c1ccc(N(c2ccccn2)c2ccccn2)cc1)/c1ccccc1. The van der Waals surface area contributed by atoms with E-state index in [1.54, 1.807) is 12.4 Å². The minimum atomic E-state index is 0.837. The summed E-state index contributed by atoms with van der Waals surface area (Å²) in [7, 11) is 0. The van der Waals surface area contributed by atoms with Gasteiger partial charge in [0.25, 0.3) is 0 Å². The van der Waals surface area contributed by atoms with Gasteiger partial charge in [0.1, 0.15) is 11.6 Å². The van der Waals surface area contributed by atoms with Gasteiger partial charge in [0.05, 0.1) is 0 Å². The molecule has 0 saturated heterocycles. The molecule has 0 fully saturated rings. The summed E-state index contributed by atoms with van der Waals surface area (Å²) in [5.74, 6) is 1.67. The van der Waals surface area contributed by atoms with Crippen LogP contribution in [0.1, 0.15) is 11.1 Å². The van der Waals surface area contributed by atoms with E-state index in [1.807, 2.05) is 59.5 Å². The first-order valence-corrected chi connectivity index (χ1v) is 8.85. The van der Waals surface area contributed by atoms with Crippen molar-refractivity contribution in [3.05, 3.63) is 115 Å². The molecule has 2 aromatic carbocycles. The van der Waals surface area contributed by atoms with Gasteiger partial charge in [-0.3, -0.25) is 4.90 Å². The molecule has 2 heterocycles. The molecule has 0 aliphatic carbocycles. The van der Waals surface area contributed by atoms with Gasteiger partial charge in [-0.05, 0) is 47.5 Å². The molecule has 27 heavy (non-hydrogen) atoms. The Morgan fingerprint density at radius 3 is 1.56 bits per heavy atom. The number of hydrogen-bond acceptors (Lipinski definition) is 3. The summed E-state index contributed by atoms with van der Waals surface area (Å²) in [5, 5.41) is 0. The third kappa shape index (κ3) is 4.10. The van der Waals surface area contributed by atoms with Gasteiger partial charge in [-0.2, -0.15) is 0 Å². The molecule has 0 bridgehead atoms. The lowest BCUT2D eigenvalue weighted by atomic mass is 10.1. The number of benzene rings is 2. The van der Waals surface area contributed by atoms with Crippen molar-refractivity contribution in [1.29, 1.82) is 0 Å². The fourth-order valence-electron chi connectivity index (χ4n) is 2.85. The van der Waals surface area contributed by atoms with Crippen LogP contribution in [0, 0.1) is 0 Å². The zero-order valence-electron chi connectivity index (χ0n) is 14.8. The molecular formula is C24H19N3. The van der Waals surface area contributed by atoms with Crippen LogP contribution in [-0.2, 0) is 0 Å². The summed E-state index contributed by atoms with van der Waals surface area (Å²) in [6, 6.07) is 30.4. The maximum Gasteiger partial charge on any atom is 0.138 e. The summed E-state index contributed by atoms with van der Waals surface area (Å²) >= 11 is 0. The third-order valence-corrected chi connectivity index (χ3v) is 4.18. The van der Waals surface area contributed by atoms with Crippen LogP contribution >= 0.6 is 0 Å². The summed E-state index contributed by atoms with van der Waals surface area (Å²) in [6.45, 7) is 0. The lowest BCUT2D eigenvalue weighted by Crippen LogP contribution is -2.12. The molecule has 2 aromatic heterocycles. The molecule has 0 spiro atoms. The number of aromatic nitrogens is 2. The first kappa shape index (κ1) is 16.7. The van der Waals surface area contributed by atoms with Crippen molar-refractivity contribution in [3.8, 4) is 0 Å². The average Bonchev–Trinajstić information content (AvgIpc) is 2.76. The molecule has 0 aliphatic heterocycles. The predicted molar refractivity (Wildman–Crippen MR) is 112 cm³/mol. The summed E-state index contributed by atoms with van der Waals surface area (Å²) in [4.78, 5) is 11.1. The van der Waals surface area contributed by atoms with E-state index >= 15 is 0 Å². The molecule has 0 saturated carbocycles. The van der Waals surface area contributed by atoms with Crippen LogP contribution in [0.5, 0.6) is 0 Å².